The van der Waals surface area contributed by atoms with Gasteiger partial charge in [-0.15, -0.1) is 0 Å². The van der Waals surface area contributed by atoms with Crippen LogP contribution in [0.3, 0.4) is 0 Å². The van der Waals surface area contributed by atoms with Crippen LogP contribution in [0.5, 0.6) is 5.75 Å². The van der Waals surface area contributed by atoms with Gasteiger partial charge in [0.1, 0.15) is 5.75 Å². The van der Waals surface area contributed by atoms with Crippen molar-refractivity contribution in [2.24, 2.45) is 0 Å². The standard InChI is InChI=1S/C14H9BrCl2O2/c15-11-3-1-2-4-14(11)19-8-13(18)10-6-5-9(16)7-12(10)17/h1-7H,8H2. The monoisotopic (exact) mass is 358 g/mol. The highest BCUT2D eigenvalue weighted by Gasteiger charge is 2.12. The minimum absolute atomic E-state index is 0.0794. The topological polar surface area (TPSA) is 26.3 Å². The lowest BCUT2D eigenvalue weighted by Gasteiger charge is -2.08. The molecule has 0 aliphatic rings. The molecular weight excluding hydrogens is 351 g/mol. The third-order valence-corrected chi connectivity index (χ3v) is 3.63. The minimum atomic E-state index is -0.197. The van der Waals surface area contributed by atoms with E-state index in [1.165, 1.54) is 6.07 Å². The predicted molar refractivity (Wildman–Crippen MR) is 80.4 cm³/mol. The van der Waals surface area contributed by atoms with Crippen molar-refractivity contribution in [3.05, 3.63) is 62.5 Å². The van der Waals surface area contributed by atoms with E-state index in [4.69, 9.17) is 27.9 Å². The first kappa shape index (κ1) is 14.4. The Balaban J connectivity index is 2.08. The largest absolute Gasteiger partial charge is 0.484 e. The van der Waals surface area contributed by atoms with Crippen LogP contribution in [0.4, 0.5) is 0 Å². The van der Waals surface area contributed by atoms with E-state index in [1.807, 2.05) is 18.2 Å². The SMILES string of the molecule is O=C(COc1ccccc1Br)c1ccc(Cl)cc1Cl. The van der Waals surface area contributed by atoms with E-state index < -0.39 is 0 Å². The molecule has 0 radical (unpaired) electrons. The summed E-state index contributed by atoms with van der Waals surface area (Å²) in [7, 11) is 0. The molecule has 0 aromatic heterocycles. The van der Waals surface area contributed by atoms with Crippen LogP contribution in [0.2, 0.25) is 10.0 Å². The molecule has 2 rings (SSSR count). The lowest BCUT2D eigenvalue weighted by Crippen LogP contribution is -2.12. The molecule has 0 heterocycles. The number of para-hydroxylation sites is 1. The Kier molecular flexibility index (Phi) is 4.86. The molecule has 0 saturated heterocycles. The summed E-state index contributed by atoms with van der Waals surface area (Å²) in [6.07, 6.45) is 0. The summed E-state index contributed by atoms with van der Waals surface area (Å²) in [5.41, 5.74) is 0.401. The van der Waals surface area contributed by atoms with Crippen molar-refractivity contribution in [1.82, 2.24) is 0 Å². The second-order valence-electron chi connectivity index (χ2n) is 3.77. The molecule has 19 heavy (non-hydrogen) atoms. The normalized spacial score (nSPS) is 10.3. The van der Waals surface area contributed by atoms with Crippen molar-refractivity contribution in [3.8, 4) is 5.75 Å². The minimum Gasteiger partial charge on any atom is -0.484 e. The highest BCUT2D eigenvalue weighted by atomic mass is 79.9. The highest BCUT2D eigenvalue weighted by molar-refractivity contribution is 9.10. The van der Waals surface area contributed by atoms with Crippen LogP contribution in [-0.4, -0.2) is 12.4 Å². The van der Waals surface area contributed by atoms with Gasteiger partial charge in [0.05, 0.1) is 9.50 Å². The lowest BCUT2D eigenvalue weighted by atomic mass is 10.1. The molecule has 0 unspecified atom stereocenters. The number of carbonyl (C=O) groups is 1. The Bertz CT molecular complexity index is 614. The van der Waals surface area contributed by atoms with E-state index in [9.17, 15) is 4.79 Å². The van der Waals surface area contributed by atoms with Gasteiger partial charge in [-0.05, 0) is 46.3 Å². The molecule has 0 fully saturated rings. The molecule has 0 saturated carbocycles. The second-order valence-corrected chi connectivity index (χ2v) is 5.46. The van der Waals surface area contributed by atoms with Crippen LogP contribution in [0.15, 0.2) is 46.9 Å². The number of hydrogen-bond donors (Lipinski definition) is 0. The molecule has 2 aromatic rings. The highest BCUT2D eigenvalue weighted by Crippen LogP contribution is 2.25. The number of benzene rings is 2. The van der Waals surface area contributed by atoms with Crippen molar-refractivity contribution in [1.29, 1.82) is 0 Å². The summed E-state index contributed by atoms with van der Waals surface area (Å²) >= 11 is 15.1. The molecule has 0 bridgehead atoms. The van der Waals surface area contributed by atoms with Crippen LogP contribution in [0.25, 0.3) is 0 Å². The fourth-order valence-corrected chi connectivity index (χ4v) is 2.41. The first-order valence-corrected chi connectivity index (χ1v) is 6.98. The molecule has 0 N–H and O–H groups in total. The maximum Gasteiger partial charge on any atom is 0.201 e. The van der Waals surface area contributed by atoms with E-state index in [0.29, 0.717) is 21.4 Å². The molecule has 0 atom stereocenters. The lowest BCUT2D eigenvalue weighted by molar-refractivity contribution is 0.0921. The van der Waals surface area contributed by atoms with Crippen LogP contribution in [0.1, 0.15) is 10.4 Å². The van der Waals surface area contributed by atoms with Crippen LogP contribution < -0.4 is 4.74 Å². The van der Waals surface area contributed by atoms with Gasteiger partial charge < -0.3 is 4.74 Å². The van der Waals surface area contributed by atoms with Crippen molar-refractivity contribution in [2.45, 2.75) is 0 Å². The van der Waals surface area contributed by atoms with E-state index in [0.717, 1.165) is 4.47 Å². The summed E-state index contributed by atoms with van der Waals surface area (Å²) in [4.78, 5) is 12.0. The smallest absolute Gasteiger partial charge is 0.201 e. The van der Waals surface area contributed by atoms with Crippen LogP contribution in [0, 0.1) is 0 Å². The quantitative estimate of drug-likeness (QED) is 0.716. The fourth-order valence-electron chi connectivity index (χ4n) is 1.50. The first-order chi connectivity index (χ1) is 9.08. The van der Waals surface area contributed by atoms with Gasteiger partial charge >= 0.3 is 0 Å². The number of hydrogen-bond acceptors (Lipinski definition) is 2. The van der Waals surface area contributed by atoms with Gasteiger partial charge in [-0.3, -0.25) is 4.79 Å². The van der Waals surface area contributed by atoms with Gasteiger partial charge in [0.2, 0.25) is 5.78 Å². The second kappa shape index (κ2) is 6.42. The van der Waals surface area contributed by atoms with Crippen molar-refractivity contribution in [2.75, 3.05) is 6.61 Å². The van der Waals surface area contributed by atoms with Crippen LogP contribution >= 0.6 is 39.1 Å². The van der Waals surface area contributed by atoms with Gasteiger partial charge in [-0.25, -0.2) is 0 Å². The van der Waals surface area contributed by atoms with E-state index >= 15 is 0 Å². The van der Waals surface area contributed by atoms with Crippen LogP contribution in [-0.2, 0) is 0 Å². The average molecular weight is 360 g/mol. The third kappa shape index (κ3) is 3.72. The Hall–Kier alpha value is -1.03. The summed E-state index contributed by atoms with van der Waals surface area (Å²) in [6.45, 7) is -0.0794. The molecule has 0 aliphatic heterocycles. The zero-order chi connectivity index (χ0) is 13.8. The molecule has 0 amide bonds. The molecule has 0 spiro atoms. The maximum atomic E-state index is 12.0. The molecule has 0 aliphatic carbocycles. The van der Waals surface area contributed by atoms with Gasteiger partial charge in [0.25, 0.3) is 0 Å². The predicted octanol–water partition coefficient (Wildman–Crippen LogP) is 5.02. The summed E-state index contributed by atoms with van der Waals surface area (Å²) in [5, 5.41) is 0.821. The summed E-state index contributed by atoms with van der Waals surface area (Å²) in [6, 6.07) is 12.1. The Labute approximate surface area is 129 Å². The zero-order valence-corrected chi connectivity index (χ0v) is 12.8. The maximum absolute atomic E-state index is 12.0. The van der Waals surface area contributed by atoms with E-state index in [-0.39, 0.29) is 12.4 Å². The van der Waals surface area contributed by atoms with Gasteiger partial charge in [0.15, 0.2) is 6.61 Å². The Morgan fingerprint density at radius 2 is 1.89 bits per heavy atom. The third-order valence-electron chi connectivity index (χ3n) is 2.43. The number of halogens is 3. The summed E-state index contributed by atoms with van der Waals surface area (Å²) < 4.78 is 6.25. The zero-order valence-electron chi connectivity index (χ0n) is 9.70. The Morgan fingerprint density at radius 3 is 2.58 bits per heavy atom. The molecule has 2 aromatic carbocycles. The van der Waals surface area contributed by atoms with E-state index in [1.54, 1.807) is 18.2 Å². The molecule has 2 nitrogen and oxygen atoms in total. The fraction of sp³-hybridized carbons (Fsp3) is 0.0714. The number of ketones is 1. The van der Waals surface area contributed by atoms with Crippen molar-refractivity contribution in [3.63, 3.8) is 0 Å². The molecule has 98 valence electrons. The van der Waals surface area contributed by atoms with E-state index in [2.05, 4.69) is 15.9 Å². The van der Waals surface area contributed by atoms with Gasteiger partial charge in [-0.2, -0.15) is 0 Å². The van der Waals surface area contributed by atoms with Gasteiger partial charge in [0, 0.05) is 10.6 Å². The first-order valence-electron chi connectivity index (χ1n) is 5.43. The summed E-state index contributed by atoms with van der Waals surface area (Å²) in [5.74, 6) is 0.415. The number of ether oxygens (including phenoxy) is 1. The van der Waals surface area contributed by atoms with Gasteiger partial charge in [-0.1, -0.05) is 35.3 Å². The van der Waals surface area contributed by atoms with Crippen molar-refractivity contribution >= 4 is 44.9 Å². The Morgan fingerprint density at radius 1 is 1.16 bits per heavy atom. The molecular formula is C14H9BrCl2O2. The van der Waals surface area contributed by atoms with Crippen molar-refractivity contribution < 1.29 is 9.53 Å². The number of Topliss-reactive ketones (excluding diaryl/α,β-unsaturated/α-hetero) is 1. The number of rotatable bonds is 4. The molecule has 5 heteroatoms. The average Bonchev–Trinajstić information content (AvgIpc) is 2.37. The number of carbonyl (C=O) groups excluding carboxylic acids is 1.